The standard InChI is InChI=1S/C24H37N3O3/c1-5-6-12-27-22(29)20(15-17(2)3)25-23(30)24(27)10-13-26(14-11-24)16-19-9-7-8-18(4)21(19)28/h7-9,17,20,28H,5-6,10-16H2,1-4H3,(H,25,30)/t20-/m0/s1. The van der Waals surface area contributed by atoms with Gasteiger partial charge in [0.2, 0.25) is 11.8 Å². The van der Waals surface area contributed by atoms with Crippen LogP contribution in [0.25, 0.3) is 0 Å². The van der Waals surface area contributed by atoms with E-state index in [-0.39, 0.29) is 11.8 Å². The zero-order chi connectivity index (χ0) is 21.9. The van der Waals surface area contributed by atoms with Crippen LogP contribution >= 0.6 is 0 Å². The monoisotopic (exact) mass is 415 g/mol. The number of carbonyl (C=O) groups excluding carboxylic acids is 2. The molecule has 1 aromatic carbocycles. The van der Waals surface area contributed by atoms with Crippen LogP contribution in [-0.2, 0) is 16.1 Å². The molecule has 2 amide bonds. The maximum Gasteiger partial charge on any atom is 0.246 e. The van der Waals surface area contributed by atoms with Crippen molar-refractivity contribution in [1.29, 1.82) is 0 Å². The van der Waals surface area contributed by atoms with Crippen molar-refractivity contribution in [3.8, 4) is 5.75 Å². The molecule has 2 fully saturated rings. The van der Waals surface area contributed by atoms with Crippen molar-refractivity contribution in [1.82, 2.24) is 15.1 Å². The number of piperazine rings is 1. The number of para-hydroxylation sites is 1. The largest absolute Gasteiger partial charge is 0.507 e. The minimum Gasteiger partial charge on any atom is -0.507 e. The van der Waals surface area contributed by atoms with E-state index in [1.54, 1.807) is 0 Å². The molecule has 166 valence electrons. The normalized spacial score (nSPS) is 22.0. The van der Waals surface area contributed by atoms with Crippen LogP contribution in [-0.4, -0.2) is 57.9 Å². The first-order valence-corrected chi connectivity index (χ1v) is 11.4. The van der Waals surface area contributed by atoms with E-state index in [4.69, 9.17) is 0 Å². The summed E-state index contributed by atoms with van der Waals surface area (Å²) in [5.41, 5.74) is 1.06. The van der Waals surface area contributed by atoms with Gasteiger partial charge in [-0.05, 0) is 44.1 Å². The molecule has 2 aliphatic rings. The number of aryl methyl sites for hydroxylation is 1. The fourth-order valence-electron chi connectivity index (χ4n) is 4.81. The first kappa shape index (κ1) is 22.6. The summed E-state index contributed by atoms with van der Waals surface area (Å²) in [4.78, 5) is 30.8. The number of amides is 2. The van der Waals surface area contributed by atoms with Crippen molar-refractivity contribution in [2.75, 3.05) is 19.6 Å². The van der Waals surface area contributed by atoms with Crippen LogP contribution in [0.15, 0.2) is 18.2 Å². The van der Waals surface area contributed by atoms with E-state index < -0.39 is 11.6 Å². The van der Waals surface area contributed by atoms with Gasteiger partial charge in [-0.2, -0.15) is 0 Å². The lowest BCUT2D eigenvalue weighted by molar-refractivity contribution is -0.161. The van der Waals surface area contributed by atoms with Crippen molar-refractivity contribution in [3.05, 3.63) is 29.3 Å². The van der Waals surface area contributed by atoms with Crippen molar-refractivity contribution in [3.63, 3.8) is 0 Å². The molecule has 0 aliphatic carbocycles. The molecule has 0 aromatic heterocycles. The fraction of sp³-hybridized carbons (Fsp3) is 0.667. The molecule has 0 saturated carbocycles. The lowest BCUT2D eigenvalue weighted by Gasteiger charge is -2.52. The number of hydrogen-bond acceptors (Lipinski definition) is 4. The maximum atomic E-state index is 13.3. The van der Waals surface area contributed by atoms with Crippen molar-refractivity contribution < 1.29 is 14.7 Å². The Morgan fingerprint density at radius 3 is 2.57 bits per heavy atom. The molecule has 1 spiro atoms. The van der Waals surface area contributed by atoms with Crippen molar-refractivity contribution >= 4 is 11.8 Å². The summed E-state index contributed by atoms with van der Waals surface area (Å²) in [6.07, 6.45) is 3.86. The van der Waals surface area contributed by atoms with Gasteiger partial charge < -0.3 is 15.3 Å². The van der Waals surface area contributed by atoms with Crippen LogP contribution in [0.4, 0.5) is 0 Å². The number of likely N-dealkylation sites (tertiary alicyclic amines) is 1. The summed E-state index contributed by atoms with van der Waals surface area (Å²) >= 11 is 0. The third kappa shape index (κ3) is 4.48. The van der Waals surface area contributed by atoms with E-state index in [1.165, 1.54) is 0 Å². The van der Waals surface area contributed by atoms with Gasteiger partial charge in [-0.3, -0.25) is 14.5 Å². The highest BCUT2D eigenvalue weighted by Gasteiger charge is 2.53. The number of rotatable bonds is 7. The van der Waals surface area contributed by atoms with Crippen LogP contribution in [0.3, 0.4) is 0 Å². The molecular formula is C24H37N3O3. The average Bonchev–Trinajstić information content (AvgIpc) is 2.71. The topological polar surface area (TPSA) is 72.9 Å². The van der Waals surface area contributed by atoms with E-state index in [2.05, 4.69) is 31.0 Å². The Balaban J connectivity index is 1.74. The Labute approximate surface area is 180 Å². The van der Waals surface area contributed by atoms with Gasteiger partial charge in [0.15, 0.2) is 0 Å². The number of nitrogens with zero attached hydrogens (tertiary/aromatic N) is 2. The third-order valence-electron chi connectivity index (χ3n) is 6.65. The zero-order valence-electron chi connectivity index (χ0n) is 18.9. The predicted octanol–water partition coefficient (Wildman–Crippen LogP) is 3.21. The molecule has 2 saturated heterocycles. The van der Waals surface area contributed by atoms with E-state index in [1.807, 2.05) is 30.0 Å². The van der Waals surface area contributed by atoms with Crippen molar-refractivity contribution in [2.24, 2.45) is 5.92 Å². The lowest BCUT2D eigenvalue weighted by Crippen LogP contribution is -2.73. The molecule has 3 rings (SSSR count). The molecule has 6 heteroatoms. The van der Waals surface area contributed by atoms with Gasteiger partial charge in [0.25, 0.3) is 0 Å². The number of benzene rings is 1. The SMILES string of the molecule is CCCCN1C(=O)[C@H](CC(C)C)NC(=O)C12CCN(Cc1cccc(C)c1O)CC2. The first-order valence-electron chi connectivity index (χ1n) is 11.4. The van der Waals surface area contributed by atoms with E-state index >= 15 is 0 Å². The van der Waals surface area contributed by atoms with Crippen LogP contribution in [0.1, 0.15) is 64.0 Å². The Morgan fingerprint density at radius 1 is 1.23 bits per heavy atom. The Hall–Kier alpha value is -2.08. The summed E-state index contributed by atoms with van der Waals surface area (Å²) in [6.45, 7) is 10.9. The van der Waals surface area contributed by atoms with E-state index in [9.17, 15) is 14.7 Å². The second kappa shape index (κ2) is 9.38. The molecule has 0 unspecified atom stereocenters. The summed E-state index contributed by atoms with van der Waals surface area (Å²) in [6, 6.07) is 5.42. The minimum absolute atomic E-state index is 0.0157. The molecule has 1 atom stereocenters. The number of carbonyl (C=O) groups is 2. The van der Waals surface area contributed by atoms with Crippen LogP contribution < -0.4 is 5.32 Å². The second-order valence-electron chi connectivity index (χ2n) is 9.39. The number of phenols is 1. The number of hydrogen-bond donors (Lipinski definition) is 2. The average molecular weight is 416 g/mol. The molecule has 6 nitrogen and oxygen atoms in total. The molecule has 1 aromatic rings. The predicted molar refractivity (Wildman–Crippen MR) is 118 cm³/mol. The second-order valence-corrected chi connectivity index (χ2v) is 9.39. The highest BCUT2D eigenvalue weighted by atomic mass is 16.3. The van der Waals surface area contributed by atoms with Crippen LogP contribution in [0.5, 0.6) is 5.75 Å². The summed E-state index contributed by atoms with van der Waals surface area (Å²) in [7, 11) is 0. The van der Waals surface area contributed by atoms with Gasteiger partial charge >= 0.3 is 0 Å². The quantitative estimate of drug-likeness (QED) is 0.717. The molecule has 2 aliphatic heterocycles. The number of aromatic hydroxyl groups is 1. The number of nitrogens with one attached hydrogen (secondary N) is 1. The minimum atomic E-state index is -0.731. The van der Waals surface area contributed by atoms with E-state index in [0.29, 0.717) is 44.0 Å². The number of piperidine rings is 1. The Bertz CT molecular complexity index is 769. The summed E-state index contributed by atoms with van der Waals surface area (Å²) in [5.74, 6) is 0.804. The molecular weight excluding hydrogens is 378 g/mol. The van der Waals surface area contributed by atoms with E-state index in [0.717, 1.165) is 37.1 Å². The van der Waals surface area contributed by atoms with Gasteiger partial charge in [-0.25, -0.2) is 0 Å². The number of phenolic OH excluding ortho intramolecular Hbond substituents is 1. The fourth-order valence-corrected chi connectivity index (χ4v) is 4.81. The van der Waals surface area contributed by atoms with Gasteiger partial charge in [-0.1, -0.05) is 45.4 Å². The first-order chi connectivity index (χ1) is 14.3. The lowest BCUT2D eigenvalue weighted by atomic mass is 9.80. The molecule has 30 heavy (non-hydrogen) atoms. The van der Waals surface area contributed by atoms with Gasteiger partial charge in [-0.15, -0.1) is 0 Å². The van der Waals surface area contributed by atoms with Gasteiger partial charge in [0, 0.05) is 31.7 Å². The number of unbranched alkanes of at least 4 members (excludes halogenated alkanes) is 1. The van der Waals surface area contributed by atoms with Gasteiger partial charge in [0.05, 0.1) is 0 Å². The van der Waals surface area contributed by atoms with Crippen molar-refractivity contribution in [2.45, 2.75) is 77.9 Å². The van der Waals surface area contributed by atoms with Crippen LogP contribution in [0.2, 0.25) is 0 Å². The Morgan fingerprint density at radius 2 is 1.93 bits per heavy atom. The molecule has 2 heterocycles. The molecule has 0 bridgehead atoms. The highest BCUT2D eigenvalue weighted by Crippen LogP contribution is 2.35. The molecule has 2 N–H and O–H groups in total. The highest BCUT2D eigenvalue weighted by molar-refractivity contribution is 6.00. The third-order valence-corrected chi connectivity index (χ3v) is 6.65. The maximum absolute atomic E-state index is 13.3. The van der Waals surface area contributed by atoms with Gasteiger partial charge in [0.1, 0.15) is 17.3 Å². The summed E-state index contributed by atoms with van der Waals surface area (Å²) < 4.78 is 0. The Kier molecular flexibility index (Phi) is 7.06. The summed E-state index contributed by atoms with van der Waals surface area (Å²) in [5, 5.41) is 13.4. The molecule has 0 radical (unpaired) electrons. The smallest absolute Gasteiger partial charge is 0.246 e. The van der Waals surface area contributed by atoms with Crippen LogP contribution in [0, 0.1) is 12.8 Å². The zero-order valence-corrected chi connectivity index (χ0v) is 18.9.